The fourth-order valence-electron chi connectivity index (χ4n) is 2.76. The molecule has 0 spiro atoms. The first-order valence-electron chi connectivity index (χ1n) is 6.61. The molecule has 1 aromatic carbocycles. The van der Waals surface area contributed by atoms with Gasteiger partial charge in [0.15, 0.2) is 0 Å². The van der Waals surface area contributed by atoms with Gasteiger partial charge in [0.25, 0.3) is 5.91 Å². The van der Waals surface area contributed by atoms with Gasteiger partial charge >= 0.3 is 5.97 Å². The fraction of sp³-hybridized carbons (Fsp3) is 0.357. The second-order valence-corrected chi connectivity index (χ2v) is 5.16. The summed E-state index contributed by atoms with van der Waals surface area (Å²) in [7, 11) is 0. The van der Waals surface area contributed by atoms with Gasteiger partial charge < -0.3 is 10.4 Å². The van der Waals surface area contributed by atoms with Crippen LogP contribution >= 0.6 is 0 Å². The van der Waals surface area contributed by atoms with Gasteiger partial charge in [0.1, 0.15) is 0 Å². The standard InChI is InChI=1S/C14H15N3O3/c18-13(16-10-5-4-8(6-10)14(19)20)11-3-1-2-9-7-15-17-12(9)11/h1-3,7-8,10H,4-6H2,(H,15,17)(H,16,18)(H,19,20)/t8-,10-/m0/s1. The summed E-state index contributed by atoms with van der Waals surface area (Å²) < 4.78 is 0. The number of nitrogens with one attached hydrogen (secondary N) is 2. The number of fused-ring (bicyclic) bond motifs is 1. The molecule has 6 nitrogen and oxygen atoms in total. The van der Waals surface area contributed by atoms with Crippen LogP contribution in [-0.4, -0.2) is 33.2 Å². The van der Waals surface area contributed by atoms with E-state index in [1.807, 2.05) is 12.1 Å². The van der Waals surface area contributed by atoms with E-state index in [1.54, 1.807) is 12.3 Å². The molecular weight excluding hydrogens is 258 g/mol. The molecule has 0 unspecified atom stereocenters. The third kappa shape index (κ3) is 2.24. The number of carboxylic acid groups (broad SMARTS) is 1. The van der Waals surface area contributed by atoms with Crippen LogP contribution in [0.25, 0.3) is 10.9 Å². The second-order valence-electron chi connectivity index (χ2n) is 5.16. The first-order valence-corrected chi connectivity index (χ1v) is 6.61. The van der Waals surface area contributed by atoms with Crippen molar-refractivity contribution in [3.05, 3.63) is 30.0 Å². The lowest BCUT2D eigenvalue weighted by molar-refractivity contribution is -0.141. The number of aromatic nitrogens is 2. The zero-order valence-electron chi connectivity index (χ0n) is 10.8. The normalized spacial score (nSPS) is 22.0. The summed E-state index contributed by atoms with van der Waals surface area (Å²) in [6, 6.07) is 5.36. The topological polar surface area (TPSA) is 95.1 Å². The third-order valence-corrected chi connectivity index (χ3v) is 3.84. The molecule has 3 N–H and O–H groups in total. The Kier molecular flexibility index (Phi) is 3.14. The van der Waals surface area contributed by atoms with Gasteiger partial charge in [-0.15, -0.1) is 0 Å². The fourth-order valence-corrected chi connectivity index (χ4v) is 2.76. The van der Waals surface area contributed by atoms with Crippen molar-refractivity contribution in [2.24, 2.45) is 5.92 Å². The molecule has 1 amide bonds. The summed E-state index contributed by atoms with van der Waals surface area (Å²) in [5, 5.41) is 19.5. The zero-order chi connectivity index (χ0) is 14.1. The van der Waals surface area contributed by atoms with Crippen molar-refractivity contribution in [1.82, 2.24) is 15.5 Å². The van der Waals surface area contributed by atoms with Crippen molar-refractivity contribution in [2.45, 2.75) is 25.3 Å². The number of amides is 1. The van der Waals surface area contributed by atoms with E-state index in [-0.39, 0.29) is 17.9 Å². The number of hydrogen-bond donors (Lipinski definition) is 3. The Morgan fingerprint density at radius 3 is 2.95 bits per heavy atom. The largest absolute Gasteiger partial charge is 0.481 e. The van der Waals surface area contributed by atoms with Crippen LogP contribution in [0.3, 0.4) is 0 Å². The number of nitrogens with zero attached hydrogens (tertiary/aromatic N) is 1. The van der Waals surface area contributed by atoms with Crippen molar-refractivity contribution >= 4 is 22.8 Å². The third-order valence-electron chi connectivity index (χ3n) is 3.84. The Balaban J connectivity index is 1.74. The molecule has 20 heavy (non-hydrogen) atoms. The molecule has 1 fully saturated rings. The van der Waals surface area contributed by atoms with Crippen molar-refractivity contribution < 1.29 is 14.7 Å². The number of carbonyl (C=O) groups is 2. The maximum Gasteiger partial charge on any atom is 0.306 e. The van der Waals surface area contributed by atoms with E-state index in [2.05, 4.69) is 15.5 Å². The van der Waals surface area contributed by atoms with Gasteiger partial charge in [0, 0.05) is 11.4 Å². The SMILES string of the molecule is O=C(N[C@H]1CC[C@H](C(=O)O)C1)c1cccc2cn[nH]c12. The molecule has 3 rings (SSSR count). The average molecular weight is 273 g/mol. The van der Waals surface area contributed by atoms with Gasteiger partial charge in [0.2, 0.25) is 0 Å². The molecule has 6 heteroatoms. The Hall–Kier alpha value is -2.37. The minimum Gasteiger partial charge on any atom is -0.481 e. The minimum atomic E-state index is -0.780. The lowest BCUT2D eigenvalue weighted by Gasteiger charge is -2.12. The maximum atomic E-state index is 12.3. The van der Waals surface area contributed by atoms with Gasteiger partial charge in [-0.1, -0.05) is 12.1 Å². The highest BCUT2D eigenvalue weighted by atomic mass is 16.4. The number of aliphatic carboxylic acids is 1. The quantitative estimate of drug-likeness (QED) is 0.790. The molecule has 1 saturated carbocycles. The van der Waals surface area contributed by atoms with E-state index in [9.17, 15) is 9.59 Å². The number of aromatic amines is 1. The molecule has 0 radical (unpaired) electrons. The van der Waals surface area contributed by atoms with Crippen LogP contribution in [0.15, 0.2) is 24.4 Å². The average Bonchev–Trinajstić information content (AvgIpc) is 3.05. The first-order chi connectivity index (χ1) is 9.65. The molecule has 1 aliphatic rings. The maximum absolute atomic E-state index is 12.3. The number of carboxylic acids is 1. The summed E-state index contributed by atoms with van der Waals surface area (Å²) in [5.41, 5.74) is 1.25. The van der Waals surface area contributed by atoms with E-state index >= 15 is 0 Å². The summed E-state index contributed by atoms with van der Waals surface area (Å²) >= 11 is 0. The highest BCUT2D eigenvalue weighted by molar-refractivity contribution is 6.05. The molecule has 0 bridgehead atoms. The molecule has 1 aliphatic carbocycles. The Bertz CT molecular complexity index is 664. The van der Waals surface area contributed by atoms with Gasteiger partial charge in [-0.05, 0) is 25.3 Å². The lowest BCUT2D eigenvalue weighted by Crippen LogP contribution is -2.33. The van der Waals surface area contributed by atoms with Crippen molar-refractivity contribution in [3.63, 3.8) is 0 Å². The van der Waals surface area contributed by atoms with Crippen LogP contribution in [0.1, 0.15) is 29.6 Å². The zero-order valence-corrected chi connectivity index (χ0v) is 10.8. The molecule has 2 atom stereocenters. The summed E-state index contributed by atoms with van der Waals surface area (Å²) in [6.07, 6.45) is 3.50. The van der Waals surface area contributed by atoms with Crippen molar-refractivity contribution in [2.75, 3.05) is 0 Å². The van der Waals surface area contributed by atoms with E-state index in [0.717, 1.165) is 5.39 Å². The summed E-state index contributed by atoms with van der Waals surface area (Å²) in [6.45, 7) is 0. The second kappa shape index (κ2) is 4.96. The van der Waals surface area contributed by atoms with Crippen LogP contribution in [0, 0.1) is 5.92 Å². The number of para-hydroxylation sites is 1. The smallest absolute Gasteiger partial charge is 0.306 e. The number of H-pyrrole nitrogens is 1. The van der Waals surface area contributed by atoms with Crippen LogP contribution in [0.4, 0.5) is 0 Å². The van der Waals surface area contributed by atoms with Crippen LogP contribution < -0.4 is 5.32 Å². The predicted octanol–water partition coefficient (Wildman–Crippen LogP) is 1.55. The van der Waals surface area contributed by atoms with E-state index in [0.29, 0.717) is 30.3 Å². The predicted molar refractivity (Wildman–Crippen MR) is 72.3 cm³/mol. The van der Waals surface area contributed by atoms with Crippen molar-refractivity contribution in [1.29, 1.82) is 0 Å². The van der Waals surface area contributed by atoms with Gasteiger partial charge in [-0.3, -0.25) is 14.7 Å². The number of hydrogen-bond acceptors (Lipinski definition) is 3. The van der Waals surface area contributed by atoms with Gasteiger partial charge in [-0.2, -0.15) is 5.10 Å². The molecule has 104 valence electrons. The van der Waals surface area contributed by atoms with E-state index < -0.39 is 5.97 Å². The van der Waals surface area contributed by atoms with Crippen LogP contribution in [0.5, 0.6) is 0 Å². The van der Waals surface area contributed by atoms with Gasteiger partial charge in [-0.25, -0.2) is 0 Å². The summed E-state index contributed by atoms with van der Waals surface area (Å²) in [4.78, 5) is 23.2. The Morgan fingerprint density at radius 2 is 2.20 bits per heavy atom. The molecule has 1 aromatic heterocycles. The minimum absolute atomic E-state index is 0.0678. The van der Waals surface area contributed by atoms with Gasteiger partial charge in [0.05, 0.1) is 23.2 Å². The first kappa shape index (κ1) is 12.7. The van der Waals surface area contributed by atoms with Crippen molar-refractivity contribution in [3.8, 4) is 0 Å². The number of carbonyl (C=O) groups excluding carboxylic acids is 1. The van der Waals surface area contributed by atoms with E-state index in [4.69, 9.17) is 5.11 Å². The molecule has 1 heterocycles. The lowest BCUT2D eigenvalue weighted by atomic mass is 10.1. The summed E-state index contributed by atoms with van der Waals surface area (Å²) in [5.74, 6) is -1.31. The highest BCUT2D eigenvalue weighted by Gasteiger charge is 2.30. The molecule has 0 saturated heterocycles. The monoisotopic (exact) mass is 273 g/mol. The molecule has 0 aliphatic heterocycles. The number of rotatable bonds is 3. The van der Waals surface area contributed by atoms with E-state index in [1.165, 1.54) is 0 Å². The molecule has 2 aromatic rings. The Labute approximate surface area is 115 Å². The van der Waals surface area contributed by atoms with Crippen LogP contribution in [-0.2, 0) is 4.79 Å². The highest BCUT2D eigenvalue weighted by Crippen LogP contribution is 2.26. The number of benzene rings is 1. The molecular formula is C14H15N3O3. The van der Waals surface area contributed by atoms with Crippen LogP contribution in [0.2, 0.25) is 0 Å². The Morgan fingerprint density at radius 1 is 1.35 bits per heavy atom.